The highest BCUT2D eigenvalue weighted by molar-refractivity contribution is 14.0. The Morgan fingerprint density at radius 2 is 2.03 bits per heavy atom. The molecular weight excluding hydrogens is 498 g/mol. The van der Waals surface area contributed by atoms with Crippen LogP contribution in [0, 0.1) is 23.4 Å². The second-order valence-corrected chi connectivity index (χ2v) is 6.88. The number of nitrogens with one attached hydrogen (secondary N) is 1. The molecule has 3 rings (SSSR count). The Hall–Kier alpha value is -1.75. The van der Waals surface area contributed by atoms with E-state index in [4.69, 9.17) is 9.15 Å². The molecule has 1 unspecified atom stereocenters. The molecule has 9 heteroatoms. The number of ether oxygens (including phenoxy) is 1. The Morgan fingerprint density at radius 1 is 1.28 bits per heavy atom. The molecule has 1 aliphatic heterocycles. The van der Waals surface area contributed by atoms with Gasteiger partial charge >= 0.3 is 0 Å². The van der Waals surface area contributed by atoms with Crippen LogP contribution in [0.25, 0.3) is 0 Å². The van der Waals surface area contributed by atoms with Gasteiger partial charge in [-0.2, -0.15) is 0 Å². The molecule has 0 saturated carbocycles. The summed E-state index contributed by atoms with van der Waals surface area (Å²) in [6.07, 6.45) is 3.25. The van der Waals surface area contributed by atoms with Crippen molar-refractivity contribution in [2.75, 3.05) is 33.4 Å². The Morgan fingerprint density at radius 3 is 2.66 bits per heavy atom. The molecule has 2 heterocycles. The Bertz CT molecular complexity index is 773. The van der Waals surface area contributed by atoms with Crippen molar-refractivity contribution in [3.05, 3.63) is 59.3 Å². The van der Waals surface area contributed by atoms with Crippen molar-refractivity contribution in [1.82, 2.24) is 10.2 Å². The molecule has 1 aliphatic rings. The average Bonchev–Trinajstić information content (AvgIpc) is 3.36. The summed E-state index contributed by atoms with van der Waals surface area (Å²) in [7, 11) is 1.77. The van der Waals surface area contributed by atoms with Gasteiger partial charge in [-0.3, -0.25) is 4.99 Å². The van der Waals surface area contributed by atoms with Gasteiger partial charge in [-0.05, 0) is 36.2 Å². The largest absolute Gasteiger partial charge is 0.469 e. The fourth-order valence-electron chi connectivity index (χ4n) is 3.05. The van der Waals surface area contributed by atoms with Crippen LogP contribution in [0.3, 0.4) is 0 Å². The van der Waals surface area contributed by atoms with E-state index in [-0.39, 0.29) is 30.5 Å². The molecule has 0 amide bonds. The molecule has 0 radical (unpaired) electrons. The monoisotopic (exact) mass is 523 g/mol. The summed E-state index contributed by atoms with van der Waals surface area (Å²) >= 11 is 0. The number of hydrogen-bond acceptors (Lipinski definition) is 3. The molecule has 1 fully saturated rings. The smallest absolute Gasteiger partial charge is 0.194 e. The third kappa shape index (κ3) is 6.91. The molecule has 5 nitrogen and oxygen atoms in total. The van der Waals surface area contributed by atoms with Gasteiger partial charge in [-0.25, -0.2) is 13.2 Å². The Balaban J connectivity index is 0.00000300. The van der Waals surface area contributed by atoms with Crippen molar-refractivity contribution in [2.45, 2.75) is 19.4 Å². The minimum atomic E-state index is -1.46. The molecule has 1 N–H and O–H groups in total. The van der Waals surface area contributed by atoms with Crippen LogP contribution in [-0.4, -0.2) is 44.2 Å². The number of nitrogens with zero attached hydrogens (tertiary/aromatic N) is 2. The quantitative estimate of drug-likeness (QED) is 0.259. The molecule has 29 heavy (non-hydrogen) atoms. The van der Waals surface area contributed by atoms with Crippen LogP contribution in [-0.2, 0) is 17.7 Å². The first-order valence-electron chi connectivity index (χ1n) is 9.26. The standard InChI is InChI=1S/C20H24F3N3O2.HI/c1-26(12-15-9-17(21)19(23)18(22)10-15)20(25-11-14-5-8-27-13-14)24-6-4-16-3-2-7-28-16;/h2-3,7,9-10,14H,4-6,8,11-13H2,1H3,(H,24,25);1H. The van der Waals surface area contributed by atoms with E-state index in [1.807, 2.05) is 12.1 Å². The topological polar surface area (TPSA) is 50.0 Å². The number of rotatable bonds is 7. The first kappa shape index (κ1) is 23.5. The van der Waals surface area contributed by atoms with Crippen LogP contribution in [0.15, 0.2) is 39.9 Å². The summed E-state index contributed by atoms with van der Waals surface area (Å²) in [4.78, 5) is 6.40. The van der Waals surface area contributed by atoms with E-state index in [9.17, 15) is 13.2 Å². The second-order valence-electron chi connectivity index (χ2n) is 6.88. The van der Waals surface area contributed by atoms with Crippen molar-refractivity contribution >= 4 is 29.9 Å². The van der Waals surface area contributed by atoms with Crippen LogP contribution in [0.4, 0.5) is 13.2 Å². The first-order chi connectivity index (χ1) is 13.5. The number of benzene rings is 1. The van der Waals surface area contributed by atoms with E-state index in [2.05, 4.69) is 10.3 Å². The molecule has 1 aromatic heterocycles. The summed E-state index contributed by atoms with van der Waals surface area (Å²) in [5, 5.41) is 3.26. The van der Waals surface area contributed by atoms with Gasteiger partial charge in [0.15, 0.2) is 23.4 Å². The Labute approximate surface area is 185 Å². The molecule has 1 saturated heterocycles. The maximum atomic E-state index is 13.5. The molecular formula is C20H25F3IN3O2. The summed E-state index contributed by atoms with van der Waals surface area (Å²) in [6.45, 7) is 2.79. The van der Waals surface area contributed by atoms with E-state index in [0.717, 1.165) is 30.9 Å². The van der Waals surface area contributed by atoms with Crippen LogP contribution in [0.1, 0.15) is 17.7 Å². The lowest BCUT2D eigenvalue weighted by Gasteiger charge is -2.23. The summed E-state index contributed by atoms with van der Waals surface area (Å²) < 4.78 is 50.9. The van der Waals surface area contributed by atoms with E-state index in [1.165, 1.54) is 0 Å². The molecule has 160 valence electrons. The van der Waals surface area contributed by atoms with Gasteiger partial charge < -0.3 is 19.4 Å². The molecule has 1 atom stereocenters. The average molecular weight is 523 g/mol. The van der Waals surface area contributed by atoms with Crippen molar-refractivity contribution in [3.8, 4) is 0 Å². The minimum absolute atomic E-state index is 0. The third-order valence-corrected chi connectivity index (χ3v) is 4.58. The second kappa shape index (κ2) is 11.4. The number of hydrogen-bond donors (Lipinski definition) is 1. The SMILES string of the molecule is CN(Cc1cc(F)c(F)c(F)c1)C(=NCC1CCOC1)NCCc1ccco1.I. The summed E-state index contributed by atoms with van der Waals surface area (Å²) in [6, 6.07) is 5.72. The highest BCUT2D eigenvalue weighted by atomic mass is 127. The third-order valence-electron chi connectivity index (χ3n) is 4.58. The molecule has 2 aromatic rings. The molecule has 0 aliphatic carbocycles. The van der Waals surface area contributed by atoms with Crippen molar-refractivity contribution in [1.29, 1.82) is 0 Å². The Kier molecular flexibility index (Phi) is 9.28. The highest BCUT2D eigenvalue weighted by Crippen LogP contribution is 2.16. The zero-order valence-electron chi connectivity index (χ0n) is 16.2. The fraction of sp³-hybridized carbons (Fsp3) is 0.450. The van der Waals surface area contributed by atoms with Crippen LogP contribution in [0.5, 0.6) is 0 Å². The zero-order valence-corrected chi connectivity index (χ0v) is 18.5. The van der Waals surface area contributed by atoms with E-state index in [1.54, 1.807) is 18.2 Å². The number of aliphatic imine (C=N–C) groups is 1. The van der Waals surface area contributed by atoms with Crippen LogP contribution >= 0.6 is 24.0 Å². The number of halogens is 4. The van der Waals surface area contributed by atoms with E-state index < -0.39 is 17.5 Å². The van der Waals surface area contributed by atoms with Crippen LogP contribution in [0.2, 0.25) is 0 Å². The van der Waals surface area contributed by atoms with Crippen LogP contribution < -0.4 is 5.32 Å². The molecule has 0 spiro atoms. The zero-order chi connectivity index (χ0) is 19.9. The lowest BCUT2D eigenvalue weighted by molar-refractivity contribution is 0.187. The minimum Gasteiger partial charge on any atom is -0.469 e. The van der Waals surface area contributed by atoms with Gasteiger partial charge in [0.05, 0.1) is 12.9 Å². The molecule has 0 bridgehead atoms. The first-order valence-corrected chi connectivity index (χ1v) is 9.26. The van der Waals surface area contributed by atoms with Gasteiger partial charge in [0.1, 0.15) is 5.76 Å². The van der Waals surface area contributed by atoms with Crippen molar-refractivity contribution < 1.29 is 22.3 Å². The van der Waals surface area contributed by atoms with Gasteiger partial charge in [-0.15, -0.1) is 24.0 Å². The summed E-state index contributed by atoms with van der Waals surface area (Å²) in [5.41, 5.74) is 0.323. The maximum absolute atomic E-state index is 13.5. The van der Waals surface area contributed by atoms with Gasteiger partial charge in [0.25, 0.3) is 0 Å². The lowest BCUT2D eigenvalue weighted by atomic mass is 10.1. The summed E-state index contributed by atoms with van der Waals surface area (Å²) in [5.74, 6) is -2.05. The lowest BCUT2D eigenvalue weighted by Crippen LogP contribution is -2.40. The van der Waals surface area contributed by atoms with Gasteiger partial charge in [-0.1, -0.05) is 0 Å². The maximum Gasteiger partial charge on any atom is 0.194 e. The predicted octanol–water partition coefficient (Wildman–Crippen LogP) is 3.97. The molecule has 1 aromatic carbocycles. The highest BCUT2D eigenvalue weighted by Gasteiger charge is 2.17. The van der Waals surface area contributed by atoms with Crippen molar-refractivity contribution in [3.63, 3.8) is 0 Å². The van der Waals surface area contributed by atoms with Crippen molar-refractivity contribution in [2.24, 2.45) is 10.9 Å². The van der Waals surface area contributed by atoms with Gasteiger partial charge in [0, 0.05) is 45.6 Å². The van der Waals surface area contributed by atoms with E-state index in [0.29, 0.717) is 43.6 Å². The number of guanidine groups is 1. The number of furan rings is 1. The predicted molar refractivity (Wildman–Crippen MR) is 115 cm³/mol. The van der Waals surface area contributed by atoms with E-state index >= 15 is 0 Å². The van der Waals surface area contributed by atoms with Gasteiger partial charge in [0.2, 0.25) is 0 Å². The fourth-order valence-corrected chi connectivity index (χ4v) is 3.05. The normalized spacial score (nSPS) is 16.6.